The standard InChI is InChI=1S/C10H19NO2S/c1-2-14(12)8-6-11-9-10-5-3-4-7-13-10/h4,7,10-11H,2-3,5-6,8-9H2,1H3. The highest BCUT2D eigenvalue weighted by molar-refractivity contribution is 7.84. The van der Waals surface area contributed by atoms with E-state index >= 15 is 0 Å². The minimum atomic E-state index is -0.651. The van der Waals surface area contributed by atoms with Gasteiger partial charge in [0.1, 0.15) is 6.10 Å². The molecule has 0 aromatic carbocycles. The van der Waals surface area contributed by atoms with E-state index in [2.05, 4.69) is 5.32 Å². The van der Waals surface area contributed by atoms with Gasteiger partial charge in [0, 0.05) is 35.4 Å². The molecule has 0 amide bonds. The Morgan fingerprint density at radius 2 is 2.50 bits per heavy atom. The van der Waals surface area contributed by atoms with E-state index in [1.165, 1.54) is 0 Å². The van der Waals surface area contributed by atoms with Crippen LogP contribution in [-0.2, 0) is 15.5 Å². The van der Waals surface area contributed by atoms with Gasteiger partial charge in [0.15, 0.2) is 0 Å². The molecule has 0 aliphatic carbocycles. The normalized spacial score (nSPS) is 23.1. The molecule has 0 spiro atoms. The first-order chi connectivity index (χ1) is 6.83. The van der Waals surface area contributed by atoms with Crippen LogP contribution < -0.4 is 5.32 Å². The molecule has 0 bridgehead atoms. The Hall–Kier alpha value is -0.350. The number of hydrogen-bond donors (Lipinski definition) is 1. The molecule has 4 heteroatoms. The van der Waals surface area contributed by atoms with E-state index in [4.69, 9.17) is 4.74 Å². The van der Waals surface area contributed by atoms with Gasteiger partial charge in [-0.1, -0.05) is 6.92 Å². The molecule has 82 valence electrons. The molecule has 1 rings (SSSR count). The summed E-state index contributed by atoms with van der Waals surface area (Å²) in [6.07, 6.45) is 6.31. The molecule has 1 aliphatic rings. The fourth-order valence-corrected chi connectivity index (χ4v) is 1.99. The SMILES string of the molecule is CCS(=O)CCNCC1CCC=CO1. The lowest BCUT2D eigenvalue weighted by Gasteiger charge is -2.19. The lowest BCUT2D eigenvalue weighted by atomic mass is 10.1. The third-order valence-corrected chi connectivity index (χ3v) is 3.53. The summed E-state index contributed by atoms with van der Waals surface area (Å²) in [6.45, 7) is 3.64. The molecule has 0 saturated carbocycles. The lowest BCUT2D eigenvalue weighted by molar-refractivity contribution is 0.123. The predicted octanol–water partition coefficient (Wildman–Crippen LogP) is 1.04. The topological polar surface area (TPSA) is 38.3 Å². The molecule has 3 nitrogen and oxygen atoms in total. The summed E-state index contributed by atoms with van der Waals surface area (Å²) < 4.78 is 16.5. The van der Waals surface area contributed by atoms with Gasteiger partial charge in [-0.15, -0.1) is 0 Å². The van der Waals surface area contributed by atoms with Crippen LogP contribution in [0.1, 0.15) is 19.8 Å². The molecular weight excluding hydrogens is 198 g/mol. The van der Waals surface area contributed by atoms with E-state index in [1.54, 1.807) is 6.26 Å². The Morgan fingerprint density at radius 3 is 3.14 bits per heavy atom. The Kier molecular flexibility index (Phi) is 5.87. The van der Waals surface area contributed by atoms with Crippen LogP contribution in [0.3, 0.4) is 0 Å². The second kappa shape index (κ2) is 7.01. The Morgan fingerprint density at radius 1 is 1.64 bits per heavy atom. The van der Waals surface area contributed by atoms with Crippen molar-refractivity contribution in [3.63, 3.8) is 0 Å². The third kappa shape index (κ3) is 4.77. The van der Waals surface area contributed by atoms with E-state index in [9.17, 15) is 4.21 Å². The summed E-state index contributed by atoms with van der Waals surface area (Å²) in [5, 5.41) is 3.27. The van der Waals surface area contributed by atoms with Gasteiger partial charge in [-0.2, -0.15) is 0 Å². The maximum Gasteiger partial charge on any atom is 0.110 e. The molecule has 14 heavy (non-hydrogen) atoms. The first kappa shape index (κ1) is 11.7. The van der Waals surface area contributed by atoms with Gasteiger partial charge in [-0.25, -0.2) is 0 Å². The molecular formula is C10H19NO2S. The van der Waals surface area contributed by atoms with Gasteiger partial charge in [0.2, 0.25) is 0 Å². The van der Waals surface area contributed by atoms with Gasteiger partial charge in [0.25, 0.3) is 0 Å². The highest BCUT2D eigenvalue weighted by Gasteiger charge is 2.09. The van der Waals surface area contributed by atoms with Gasteiger partial charge in [0.05, 0.1) is 6.26 Å². The Labute approximate surface area is 88.4 Å². The minimum Gasteiger partial charge on any atom is -0.497 e. The predicted molar refractivity (Wildman–Crippen MR) is 59.7 cm³/mol. The second-order valence-corrected chi connectivity index (χ2v) is 5.21. The van der Waals surface area contributed by atoms with Crippen LogP contribution in [0.5, 0.6) is 0 Å². The zero-order valence-electron chi connectivity index (χ0n) is 8.70. The van der Waals surface area contributed by atoms with Gasteiger partial charge in [-0.05, 0) is 18.9 Å². The first-order valence-corrected chi connectivity index (χ1v) is 6.68. The molecule has 2 atom stereocenters. The number of nitrogens with one attached hydrogen (secondary N) is 1. The number of ether oxygens (including phenoxy) is 1. The van der Waals surface area contributed by atoms with Crippen LogP contribution >= 0.6 is 0 Å². The van der Waals surface area contributed by atoms with Gasteiger partial charge < -0.3 is 10.1 Å². The quantitative estimate of drug-likeness (QED) is 0.676. The number of hydrogen-bond acceptors (Lipinski definition) is 3. The van der Waals surface area contributed by atoms with Crippen LogP contribution in [-0.4, -0.2) is 34.9 Å². The summed E-state index contributed by atoms with van der Waals surface area (Å²) in [5.41, 5.74) is 0. The smallest absolute Gasteiger partial charge is 0.110 e. The fourth-order valence-electron chi connectivity index (χ4n) is 1.33. The maximum absolute atomic E-state index is 11.1. The zero-order valence-corrected chi connectivity index (χ0v) is 9.52. The van der Waals surface area contributed by atoms with Gasteiger partial charge >= 0.3 is 0 Å². The second-order valence-electron chi connectivity index (χ2n) is 3.34. The molecule has 0 fully saturated rings. The van der Waals surface area contributed by atoms with Crippen molar-refractivity contribution < 1.29 is 8.95 Å². The Balaban J connectivity index is 1.98. The van der Waals surface area contributed by atoms with Crippen molar-refractivity contribution in [2.45, 2.75) is 25.9 Å². The monoisotopic (exact) mass is 217 g/mol. The summed E-state index contributed by atoms with van der Waals surface area (Å²) in [5.74, 6) is 1.50. The van der Waals surface area contributed by atoms with E-state index in [0.717, 1.165) is 37.4 Å². The summed E-state index contributed by atoms with van der Waals surface area (Å²) in [7, 11) is -0.651. The van der Waals surface area contributed by atoms with Crippen molar-refractivity contribution in [2.24, 2.45) is 0 Å². The van der Waals surface area contributed by atoms with Crippen molar-refractivity contribution in [2.75, 3.05) is 24.6 Å². The van der Waals surface area contributed by atoms with E-state index in [-0.39, 0.29) is 0 Å². The molecule has 0 saturated heterocycles. The average molecular weight is 217 g/mol. The highest BCUT2D eigenvalue weighted by atomic mass is 32.2. The fraction of sp³-hybridized carbons (Fsp3) is 0.800. The molecule has 1 N–H and O–H groups in total. The van der Waals surface area contributed by atoms with E-state index < -0.39 is 10.8 Å². The zero-order chi connectivity index (χ0) is 10.2. The third-order valence-electron chi connectivity index (χ3n) is 2.22. The molecule has 0 aromatic heterocycles. The number of allylic oxidation sites excluding steroid dienone is 1. The molecule has 0 aromatic rings. The summed E-state index contributed by atoms with van der Waals surface area (Å²) in [6, 6.07) is 0. The first-order valence-electron chi connectivity index (χ1n) is 5.19. The molecule has 0 radical (unpaired) electrons. The van der Waals surface area contributed by atoms with Crippen molar-refractivity contribution in [1.82, 2.24) is 5.32 Å². The maximum atomic E-state index is 11.1. The summed E-state index contributed by atoms with van der Waals surface area (Å²) in [4.78, 5) is 0. The van der Waals surface area contributed by atoms with Crippen LogP contribution in [0, 0.1) is 0 Å². The molecule has 2 unspecified atom stereocenters. The van der Waals surface area contributed by atoms with Crippen molar-refractivity contribution >= 4 is 10.8 Å². The minimum absolute atomic E-state index is 0.301. The van der Waals surface area contributed by atoms with Gasteiger partial charge in [-0.3, -0.25) is 4.21 Å². The molecule has 1 heterocycles. The van der Waals surface area contributed by atoms with E-state index in [1.807, 2.05) is 13.0 Å². The van der Waals surface area contributed by atoms with Crippen molar-refractivity contribution in [1.29, 1.82) is 0 Å². The largest absolute Gasteiger partial charge is 0.497 e. The number of rotatable bonds is 6. The molecule has 1 aliphatic heterocycles. The van der Waals surface area contributed by atoms with Crippen LogP contribution in [0.2, 0.25) is 0 Å². The average Bonchev–Trinajstić information content (AvgIpc) is 2.25. The van der Waals surface area contributed by atoms with Crippen molar-refractivity contribution in [3.8, 4) is 0 Å². The van der Waals surface area contributed by atoms with Crippen LogP contribution in [0.15, 0.2) is 12.3 Å². The van der Waals surface area contributed by atoms with Crippen molar-refractivity contribution in [3.05, 3.63) is 12.3 Å². The van der Waals surface area contributed by atoms with Crippen LogP contribution in [0.4, 0.5) is 0 Å². The lowest BCUT2D eigenvalue weighted by Crippen LogP contribution is -2.31. The Bertz CT molecular complexity index is 206. The highest BCUT2D eigenvalue weighted by Crippen LogP contribution is 2.08. The van der Waals surface area contributed by atoms with Crippen LogP contribution in [0.25, 0.3) is 0 Å². The summed E-state index contributed by atoms with van der Waals surface area (Å²) >= 11 is 0. The van der Waals surface area contributed by atoms with E-state index in [0.29, 0.717) is 6.10 Å².